The van der Waals surface area contributed by atoms with Crippen LogP contribution >= 0.6 is 11.6 Å². The number of carbonyl (C=O) groups excluding carboxylic acids is 1. The Labute approximate surface area is 122 Å². The third-order valence-electron chi connectivity index (χ3n) is 3.67. The van der Waals surface area contributed by atoms with Gasteiger partial charge >= 0.3 is 0 Å². The normalized spacial score (nSPS) is 17.9. The first-order valence-electron chi connectivity index (χ1n) is 6.46. The number of aromatic nitrogens is 2. The lowest BCUT2D eigenvalue weighted by molar-refractivity contribution is 0.0962. The van der Waals surface area contributed by atoms with Crippen LogP contribution in [0.4, 0.5) is 5.95 Å². The number of Topliss-reactive ketones (excluding diaryl/α,β-unsaturated/α-hetero) is 1. The predicted molar refractivity (Wildman–Crippen MR) is 78.0 cm³/mol. The van der Waals surface area contributed by atoms with Gasteiger partial charge < -0.3 is 5.73 Å². The Balaban J connectivity index is 2.00. The van der Waals surface area contributed by atoms with Gasteiger partial charge in [0.25, 0.3) is 0 Å². The fourth-order valence-electron chi connectivity index (χ4n) is 2.77. The van der Waals surface area contributed by atoms with Crippen LogP contribution < -0.4 is 5.73 Å². The summed E-state index contributed by atoms with van der Waals surface area (Å²) in [5, 5.41) is 0.693. The average molecular weight is 288 g/mol. The van der Waals surface area contributed by atoms with Gasteiger partial charge in [-0.25, -0.2) is 9.97 Å². The summed E-state index contributed by atoms with van der Waals surface area (Å²) in [6.07, 6.45) is 1.18. The number of nitrogens with zero attached hydrogens (tertiary/aromatic N) is 2. The number of hydrogen-bond donors (Lipinski definition) is 1. The van der Waals surface area contributed by atoms with Gasteiger partial charge in [-0.1, -0.05) is 23.7 Å². The Hall–Kier alpha value is -1.94. The molecule has 1 aliphatic rings. The molecular formula is C15H14ClN3O. The summed E-state index contributed by atoms with van der Waals surface area (Å²) >= 11 is 5.90. The van der Waals surface area contributed by atoms with Crippen molar-refractivity contribution in [2.75, 3.05) is 5.73 Å². The maximum absolute atomic E-state index is 12.3. The zero-order chi connectivity index (χ0) is 14.3. The van der Waals surface area contributed by atoms with Gasteiger partial charge in [0.1, 0.15) is 0 Å². The number of hydrogen-bond acceptors (Lipinski definition) is 4. The maximum Gasteiger partial charge on any atom is 0.220 e. The summed E-state index contributed by atoms with van der Waals surface area (Å²) in [5.41, 5.74) is 8.85. The zero-order valence-corrected chi connectivity index (χ0v) is 11.8. The third kappa shape index (κ3) is 2.27. The first-order valence-corrected chi connectivity index (χ1v) is 6.84. The molecule has 102 valence electrons. The zero-order valence-electron chi connectivity index (χ0n) is 11.1. The quantitative estimate of drug-likeness (QED) is 0.875. The van der Waals surface area contributed by atoms with Crippen molar-refractivity contribution in [2.45, 2.75) is 25.7 Å². The minimum absolute atomic E-state index is 0.0868. The molecule has 0 fully saturated rings. The van der Waals surface area contributed by atoms with E-state index >= 15 is 0 Å². The number of nitrogens with two attached hydrogens (primary N) is 1. The molecule has 3 rings (SSSR count). The highest BCUT2D eigenvalue weighted by atomic mass is 35.5. The van der Waals surface area contributed by atoms with Crippen LogP contribution in [-0.4, -0.2) is 15.8 Å². The number of rotatable bonds is 1. The van der Waals surface area contributed by atoms with E-state index in [9.17, 15) is 4.79 Å². The highest BCUT2D eigenvalue weighted by molar-refractivity contribution is 6.30. The number of nitrogen functional groups attached to an aromatic ring is 1. The van der Waals surface area contributed by atoms with E-state index in [-0.39, 0.29) is 17.6 Å². The largest absolute Gasteiger partial charge is 0.368 e. The van der Waals surface area contributed by atoms with E-state index in [1.54, 1.807) is 6.92 Å². The highest BCUT2D eigenvalue weighted by Gasteiger charge is 2.29. The minimum atomic E-state index is 0.0868. The van der Waals surface area contributed by atoms with Crippen LogP contribution in [0.5, 0.6) is 0 Å². The number of ketones is 1. The third-order valence-corrected chi connectivity index (χ3v) is 3.93. The van der Waals surface area contributed by atoms with Crippen LogP contribution in [0.1, 0.15) is 39.6 Å². The van der Waals surface area contributed by atoms with Crippen LogP contribution in [0.15, 0.2) is 24.3 Å². The van der Waals surface area contributed by atoms with Crippen LogP contribution in [0.3, 0.4) is 0 Å². The number of benzene rings is 1. The highest BCUT2D eigenvalue weighted by Crippen LogP contribution is 2.33. The van der Waals surface area contributed by atoms with Gasteiger partial charge in [0.2, 0.25) is 5.95 Å². The Kier molecular flexibility index (Phi) is 3.18. The first-order chi connectivity index (χ1) is 9.54. The fourth-order valence-corrected chi connectivity index (χ4v) is 2.89. The van der Waals surface area contributed by atoms with E-state index in [1.165, 1.54) is 0 Å². The van der Waals surface area contributed by atoms with E-state index < -0.39 is 0 Å². The van der Waals surface area contributed by atoms with Crippen molar-refractivity contribution in [1.82, 2.24) is 9.97 Å². The number of halogens is 1. The fraction of sp³-hybridized carbons (Fsp3) is 0.267. The SMILES string of the molecule is Cc1nc(N)nc2c1C(=O)C[C@H](c1ccc(Cl)cc1)C2. The van der Waals surface area contributed by atoms with Crippen molar-refractivity contribution in [3.8, 4) is 0 Å². The summed E-state index contributed by atoms with van der Waals surface area (Å²) in [6.45, 7) is 1.80. The Morgan fingerprint density at radius 2 is 1.90 bits per heavy atom. The van der Waals surface area contributed by atoms with E-state index in [4.69, 9.17) is 17.3 Å². The molecule has 0 saturated heterocycles. The summed E-state index contributed by atoms with van der Waals surface area (Å²) in [4.78, 5) is 20.6. The van der Waals surface area contributed by atoms with Gasteiger partial charge in [0.15, 0.2) is 5.78 Å². The van der Waals surface area contributed by atoms with Gasteiger partial charge in [-0.15, -0.1) is 0 Å². The van der Waals surface area contributed by atoms with Crippen molar-refractivity contribution < 1.29 is 4.79 Å². The van der Waals surface area contributed by atoms with Crippen molar-refractivity contribution in [1.29, 1.82) is 0 Å². The van der Waals surface area contributed by atoms with Gasteiger partial charge in [0.05, 0.1) is 17.0 Å². The molecule has 0 aliphatic heterocycles. The summed E-state index contributed by atoms with van der Waals surface area (Å²) in [7, 11) is 0. The molecular weight excluding hydrogens is 274 g/mol. The van der Waals surface area contributed by atoms with Gasteiger partial charge in [0, 0.05) is 11.4 Å². The number of aryl methyl sites for hydroxylation is 1. The molecule has 2 aromatic rings. The average Bonchev–Trinajstić information content (AvgIpc) is 2.38. The van der Waals surface area contributed by atoms with Crippen molar-refractivity contribution in [3.63, 3.8) is 0 Å². The molecule has 1 aromatic carbocycles. The molecule has 1 aromatic heterocycles. The van der Waals surface area contributed by atoms with Crippen LogP contribution in [0.2, 0.25) is 5.02 Å². The topological polar surface area (TPSA) is 68.9 Å². The lowest BCUT2D eigenvalue weighted by Crippen LogP contribution is -2.22. The molecule has 1 atom stereocenters. The second kappa shape index (κ2) is 4.87. The Bertz CT molecular complexity index is 682. The first kappa shape index (κ1) is 13.1. The summed E-state index contributed by atoms with van der Waals surface area (Å²) in [6, 6.07) is 7.61. The molecule has 4 nitrogen and oxygen atoms in total. The molecule has 20 heavy (non-hydrogen) atoms. The molecule has 2 N–H and O–H groups in total. The van der Waals surface area contributed by atoms with E-state index in [0.29, 0.717) is 29.1 Å². The minimum Gasteiger partial charge on any atom is -0.368 e. The second-order valence-corrected chi connectivity index (χ2v) is 5.51. The van der Waals surface area contributed by atoms with Crippen molar-refractivity contribution in [2.24, 2.45) is 0 Å². The molecule has 5 heteroatoms. The Morgan fingerprint density at radius 1 is 1.20 bits per heavy atom. The van der Waals surface area contributed by atoms with Crippen molar-refractivity contribution >= 4 is 23.3 Å². The molecule has 0 radical (unpaired) electrons. The van der Waals surface area contributed by atoms with Crippen LogP contribution in [-0.2, 0) is 6.42 Å². The lowest BCUT2D eigenvalue weighted by atomic mass is 9.81. The summed E-state index contributed by atoms with van der Waals surface area (Å²) < 4.78 is 0. The molecule has 0 saturated carbocycles. The van der Waals surface area contributed by atoms with Crippen molar-refractivity contribution in [3.05, 3.63) is 51.8 Å². The molecule has 0 amide bonds. The van der Waals surface area contributed by atoms with E-state index in [0.717, 1.165) is 11.3 Å². The Morgan fingerprint density at radius 3 is 2.60 bits per heavy atom. The summed E-state index contributed by atoms with van der Waals surface area (Å²) in [5.74, 6) is 0.440. The standard InChI is InChI=1S/C15H14ClN3O/c1-8-14-12(19-15(17)18-8)6-10(7-13(14)20)9-2-4-11(16)5-3-9/h2-5,10H,6-7H2,1H3,(H2,17,18,19)/t10-/m1/s1. The van der Waals surface area contributed by atoms with Gasteiger partial charge in [-0.2, -0.15) is 0 Å². The molecule has 1 aliphatic carbocycles. The van der Waals surface area contributed by atoms with Crippen LogP contribution in [0.25, 0.3) is 0 Å². The maximum atomic E-state index is 12.3. The second-order valence-electron chi connectivity index (χ2n) is 5.07. The van der Waals surface area contributed by atoms with Crippen LogP contribution in [0, 0.1) is 6.92 Å². The molecule has 0 spiro atoms. The monoisotopic (exact) mass is 287 g/mol. The van der Waals surface area contributed by atoms with E-state index in [2.05, 4.69) is 9.97 Å². The lowest BCUT2D eigenvalue weighted by Gasteiger charge is -2.24. The van der Waals surface area contributed by atoms with E-state index in [1.807, 2.05) is 24.3 Å². The molecule has 0 bridgehead atoms. The number of fused-ring (bicyclic) bond motifs is 1. The number of carbonyl (C=O) groups is 1. The molecule has 0 unspecified atom stereocenters. The smallest absolute Gasteiger partial charge is 0.220 e. The van der Waals surface area contributed by atoms with Gasteiger partial charge in [-0.05, 0) is 37.0 Å². The van der Waals surface area contributed by atoms with Gasteiger partial charge in [-0.3, -0.25) is 4.79 Å². The predicted octanol–water partition coefficient (Wildman–Crippen LogP) is 2.93. The molecule has 1 heterocycles. The number of anilines is 1.